The fraction of sp³-hybridized carbons (Fsp3) is 0.0667. The molecule has 0 atom stereocenters. The van der Waals surface area contributed by atoms with Crippen molar-refractivity contribution in [2.45, 2.75) is 19.6 Å². The highest BCUT2D eigenvalue weighted by Crippen LogP contribution is 2.47. The van der Waals surface area contributed by atoms with Crippen LogP contribution >= 0.6 is 0 Å². The van der Waals surface area contributed by atoms with Crippen LogP contribution in [0.25, 0.3) is 37.2 Å². The van der Waals surface area contributed by atoms with Crippen LogP contribution in [-0.4, -0.2) is 8.07 Å². The van der Waals surface area contributed by atoms with Crippen molar-refractivity contribution in [2.75, 3.05) is 9.80 Å². The molecule has 0 aromatic heterocycles. The Morgan fingerprint density at radius 2 is 1.06 bits per heavy atom. The maximum atomic E-state index is 9.77. The summed E-state index contributed by atoms with van der Waals surface area (Å²) in [4.78, 5) is 8.31. The van der Waals surface area contributed by atoms with Crippen molar-refractivity contribution < 1.29 is 0 Å². The second kappa shape index (κ2) is 12.2. The Morgan fingerprint density at radius 3 is 1.62 bits per heavy atom. The van der Waals surface area contributed by atoms with Crippen LogP contribution in [0.5, 0.6) is 0 Å². The minimum atomic E-state index is -1.50. The van der Waals surface area contributed by atoms with E-state index in [1.54, 1.807) is 0 Å². The van der Waals surface area contributed by atoms with Gasteiger partial charge in [0.25, 0.3) is 0 Å². The van der Waals surface area contributed by atoms with E-state index in [-0.39, 0.29) is 0 Å². The van der Waals surface area contributed by atoms with Gasteiger partial charge in [-0.2, -0.15) is 5.26 Å². The summed E-state index contributed by atoms with van der Waals surface area (Å²) in [5.41, 5.74) is 7.27. The van der Waals surface area contributed by atoms with E-state index in [1.165, 1.54) is 26.7 Å². The van der Waals surface area contributed by atoms with Crippen LogP contribution in [0.2, 0.25) is 19.6 Å². The van der Waals surface area contributed by atoms with Gasteiger partial charge in [-0.1, -0.05) is 110 Å². The van der Waals surface area contributed by atoms with Gasteiger partial charge in [0, 0.05) is 33.5 Å². The molecule has 0 N–H and O–H groups in total. The summed E-state index contributed by atoms with van der Waals surface area (Å²) in [7, 11) is -1.50. The Hall–Kier alpha value is -6.40. The lowest BCUT2D eigenvalue weighted by atomic mass is 9.91. The van der Waals surface area contributed by atoms with Crippen molar-refractivity contribution in [3.8, 4) is 6.07 Å². The Balaban J connectivity index is 1.39. The molecule has 8 aromatic carbocycles. The highest BCUT2D eigenvalue weighted by atomic mass is 28.3. The summed E-state index contributed by atoms with van der Waals surface area (Å²) in [6, 6.07) is 55.1. The molecule has 5 heteroatoms. The lowest BCUT2D eigenvalue weighted by Crippen LogP contribution is -2.37. The van der Waals surface area contributed by atoms with Gasteiger partial charge < -0.3 is 9.80 Å². The summed E-state index contributed by atoms with van der Waals surface area (Å²) >= 11 is 0. The molecule has 8 aromatic rings. The van der Waals surface area contributed by atoms with Gasteiger partial charge in [-0.25, -0.2) is 4.85 Å². The van der Waals surface area contributed by atoms with Crippen molar-refractivity contribution in [1.29, 1.82) is 5.26 Å². The second-order valence-corrected chi connectivity index (χ2v) is 18.8. The fourth-order valence-corrected chi connectivity index (χ4v) is 8.29. The number of hydrogen-bond acceptors (Lipinski definition) is 3. The molecule has 50 heavy (non-hydrogen) atoms. The van der Waals surface area contributed by atoms with E-state index in [0.29, 0.717) is 11.3 Å². The molecule has 4 nitrogen and oxygen atoms in total. The molecule has 0 unspecified atom stereocenters. The van der Waals surface area contributed by atoms with E-state index >= 15 is 0 Å². The minimum absolute atomic E-state index is 0.607. The summed E-state index contributed by atoms with van der Waals surface area (Å²) in [5.74, 6) is 0. The number of benzene rings is 8. The molecule has 0 aliphatic rings. The average molecular weight is 659 g/mol. The molecule has 0 fully saturated rings. The average Bonchev–Trinajstić information content (AvgIpc) is 3.15. The van der Waals surface area contributed by atoms with Crippen molar-refractivity contribution in [3.05, 3.63) is 169 Å². The number of para-hydroxylation sites is 1. The first-order valence-electron chi connectivity index (χ1n) is 16.8. The monoisotopic (exact) mass is 658 g/mol. The zero-order valence-electron chi connectivity index (χ0n) is 28.2. The normalized spacial score (nSPS) is 11.5. The first-order chi connectivity index (χ1) is 24.3. The van der Waals surface area contributed by atoms with Crippen LogP contribution < -0.4 is 15.0 Å². The van der Waals surface area contributed by atoms with Gasteiger partial charge in [0.2, 0.25) is 0 Å². The van der Waals surface area contributed by atoms with E-state index in [0.717, 1.165) is 44.9 Å². The van der Waals surface area contributed by atoms with E-state index < -0.39 is 8.07 Å². The van der Waals surface area contributed by atoms with Crippen molar-refractivity contribution in [1.82, 2.24) is 0 Å². The van der Waals surface area contributed by atoms with Crippen LogP contribution in [0.3, 0.4) is 0 Å². The van der Waals surface area contributed by atoms with E-state index in [1.807, 2.05) is 54.6 Å². The number of nitriles is 1. The summed E-state index contributed by atoms with van der Waals surface area (Å²) in [5, 5.41) is 18.2. The predicted molar refractivity (Wildman–Crippen MR) is 213 cm³/mol. The van der Waals surface area contributed by atoms with Gasteiger partial charge in [0.1, 0.15) is 0 Å². The topological polar surface area (TPSA) is 34.6 Å². The first kappa shape index (κ1) is 30.9. The van der Waals surface area contributed by atoms with Gasteiger partial charge in [0.05, 0.1) is 37.7 Å². The summed E-state index contributed by atoms with van der Waals surface area (Å²) < 4.78 is 0. The summed E-state index contributed by atoms with van der Waals surface area (Å²) in [6.07, 6.45) is 0. The van der Waals surface area contributed by atoms with Crippen LogP contribution in [0.1, 0.15) is 5.56 Å². The van der Waals surface area contributed by atoms with Gasteiger partial charge >= 0.3 is 0 Å². The predicted octanol–water partition coefficient (Wildman–Crippen LogP) is 12.5. The van der Waals surface area contributed by atoms with Crippen LogP contribution in [-0.2, 0) is 0 Å². The lowest BCUT2D eigenvalue weighted by Gasteiger charge is -2.30. The Kier molecular flexibility index (Phi) is 7.56. The molecular weight excluding hydrogens is 625 g/mol. The minimum Gasteiger partial charge on any atom is -0.311 e. The van der Waals surface area contributed by atoms with Crippen molar-refractivity contribution in [3.63, 3.8) is 0 Å². The Bertz CT molecular complexity index is 2610. The molecule has 0 saturated carbocycles. The third kappa shape index (κ3) is 5.31. The van der Waals surface area contributed by atoms with E-state index in [2.05, 4.69) is 137 Å². The van der Waals surface area contributed by atoms with Gasteiger partial charge in [0.15, 0.2) is 5.69 Å². The van der Waals surface area contributed by atoms with Gasteiger partial charge in [-0.15, -0.1) is 0 Å². The quantitative estimate of drug-likeness (QED) is 0.0971. The summed E-state index contributed by atoms with van der Waals surface area (Å²) in [6.45, 7) is 14.9. The molecule has 0 aliphatic heterocycles. The van der Waals surface area contributed by atoms with E-state index in [4.69, 9.17) is 6.57 Å². The Morgan fingerprint density at radius 1 is 0.540 bits per heavy atom. The SMILES string of the molecule is [C-]#[N+]c1cccc(N(c2ccc([Si](C)(C)C)cc2)c2ccc3ccc4c(N(c5ccccc5)c5cccc(C#N)c5)ccc5ccc2c3c54)c1. The van der Waals surface area contributed by atoms with Crippen molar-refractivity contribution in [2.24, 2.45) is 0 Å². The number of anilines is 6. The lowest BCUT2D eigenvalue weighted by molar-refractivity contribution is 1.29. The maximum absolute atomic E-state index is 9.77. The molecule has 0 bridgehead atoms. The molecular formula is C45H34N4Si. The molecule has 0 saturated heterocycles. The fourth-order valence-electron chi connectivity index (χ4n) is 7.12. The molecule has 0 amide bonds. The highest BCUT2D eigenvalue weighted by molar-refractivity contribution is 6.88. The largest absolute Gasteiger partial charge is 0.311 e. The van der Waals surface area contributed by atoms with Gasteiger partial charge in [-0.3, -0.25) is 0 Å². The third-order valence-corrected chi connectivity index (χ3v) is 11.6. The molecule has 0 aliphatic carbocycles. The third-order valence-electron chi connectivity index (χ3n) is 9.56. The van der Waals surface area contributed by atoms with Crippen LogP contribution in [0.4, 0.5) is 39.8 Å². The van der Waals surface area contributed by atoms with Gasteiger partial charge in [-0.05, 0) is 88.3 Å². The zero-order valence-corrected chi connectivity index (χ0v) is 29.2. The number of hydrogen-bond donors (Lipinski definition) is 0. The first-order valence-corrected chi connectivity index (χ1v) is 20.3. The van der Waals surface area contributed by atoms with E-state index in [9.17, 15) is 5.26 Å². The second-order valence-electron chi connectivity index (χ2n) is 13.7. The molecule has 0 spiro atoms. The van der Waals surface area contributed by atoms with Crippen LogP contribution in [0, 0.1) is 17.9 Å². The molecule has 8 rings (SSSR count). The standard InChI is InChI=1S/C45H34N4Si/c1-47-34-11-9-15-38(29-34)49(36-20-22-39(23-21-36)50(2,3)4)43-27-19-33-16-24-40-42(26-18-32-17-25-41(43)45(33)44(32)40)48(35-12-6-5-7-13-35)37-14-8-10-31(28-37)30-46/h5-29H,2-4H3. The number of rotatable bonds is 7. The zero-order chi connectivity index (χ0) is 34.4. The van der Waals surface area contributed by atoms with Crippen LogP contribution in [0.15, 0.2) is 152 Å². The highest BCUT2D eigenvalue weighted by Gasteiger charge is 2.23. The molecule has 0 radical (unpaired) electrons. The van der Waals surface area contributed by atoms with Crippen molar-refractivity contribution >= 4 is 85.4 Å². The smallest absolute Gasteiger partial charge is 0.189 e. The molecule has 238 valence electrons. The molecule has 0 heterocycles. The number of nitrogens with zero attached hydrogens (tertiary/aromatic N) is 4. The maximum Gasteiger partial charge on any atom is 0.189 e. The Labute approximate surface area is 293 Å².